The van der Waals surface area contributed by atoms with Crippen LogP contribution in [0.1, 0.15) is 35.7 Å². The maximum Gasteiger partial charge on any atom is 0.337 e. The van der Waals surface area contributed by atoms with Gasteiger partial charge in [0, 0.05) is 25.2 Å². The van der Waals surface area contributed by atoms with E-state index in [-0.39, 0.29) is 11.5 Å². The van der Waals surface area contributed by atoms with Crippen molar-refractivity contribution in [1.82, 2.24) is 4.90 Å². The van der Waals surface area contributed by atoms with Crippen LogP contribution in [0.2, 0.25) is 0 Å². The quantitative estimate of drug-likeness (QED) is 0.844. The molecule has 1 aromatic rings. The molecule has 0 amide bonds. The molecule has 4 heteroatoms. The highest BCUT2D eigenvalue weighted by Gasteiger charge is 2.25. The van der Waals surface area contributed by atoms with Crippen LogP contribution < -0.4 is 5.73 Å². The molecule has 1 fully saturated rings. The first-order valence-corrected chi connectivity index (χ1v) is 6.69. The lowest BCUT2D eigenvalue weighted by Gasteiger charge is -2.36. The predicted molar refractivity (Wildman–Crippen MR) is 74.9 cm³/mol. The van der Waals surface area contributed by atoms with E-state index in [1.54, 1.807) is 0 Å². The van der Waals surface area contributed by atoms with Gasteiger partial charge in [-0.25, -0.2) is 4.79 Å². The van der Waals surface area contributed by atoms with Gasteiger partial charge in [-0.05, 0) is 37.5 Å². The molecule has 2 N–H and O–H groups in total. The fourth-order valence-electron chi connectivity index (χ4n) is 2.34. The van der Waals surface area contributed by atoms with Crippen LogP contribution in [-0.2, 0) is 11.3 Å². The third-order valence-electron chi connectivity index (χ3n) is 3.78. The van der Waals surface area contributed by atoms with Crippen LogP contribution in [0, 0.1) is 0 Å². The molecule has 0 atom stereocenters. The van der Waals surface area contributed by atoms with Crippen LogP contribution in [0.25, 0.3) is 0 Å². The van der Waals surface area contributed by atoms with Gasteiger partial charge in [0.05, 0.1) is 12.7 Å². The van der Waals surface area contributed by atoms with E-state index in [0.717, 1.165) is 32.5 Å². The molecule has 0 spiro atoms. The van der Waals surface area contributed by atoms with Gasteiger partial charge in [0.25, 0.3) is 0 Å². The summed E-state index contributed by atoms with van der Waals surface area (Å²) >= 11 is 0. The van der Waals surface area contributed by atoms with E-state index in [9.17, 15) is 4.79 Å². The first-order chi connectivity index (χ1) is 9.00. The number of hydrogen-bond donors (Lipinski definition) is 1. The van der Waals surface area contributed by atoms with Crippen molar-refractivity contribution in [1.29, 1.82) is 0 Å². The van der Waals surface area contributed by atoms with E-state index < -0.39 is 0 Å². The van der Waals surface area contributed by atoms with E-state index in [4.69, 9.17) is 5.73 Å². The maximum absolute atomic E-state index is 11.3. The molecular weight excluding hydrogens is 240 g/mol. The Morgan fingerprint density at radius 2 is 1.89 bits per heavy atom. The van der Waals surface area contributed by atoms with E-state index in [1.165, 1.54) is 12.7 Å². The summed E-state index contributed by atoms with van der Waals surface area (Å²) in [6, 6.07) is 7.61. The molecule has 0 unspecified atom stereocenters. The topological polar surface area (TPSA) is 55.6 Å². The van der Waals surface area contributed by atoms with Crippen molar-refractivity contribution in [3.8, 4) is 0 Å². The fraction of sp³-hybridized carbons (Fsp3) is 0.533. The molecule has 0 aliphatic carbocycles. The van der Waals surface area contributed by atoms with Crippen molar-refractivity contribution in [2.24, 2.45) is 5.73 Å². The lowest BCUT2D eigenvalue weighted by molar-refractivity contribution is 0.0600. The average molecular weight is 262 g/mol. The van der Waals surface area contributed by atoms with Gasteiger partial charge in [-0.15, -0.1) is 0 Å². The second kappa shape index (κ2) is 5.72. The van der Waals surface area contributed by atoms with Gasteiger partial charge in [0.1, 0.15) is 0 Å². The summed E-state index contributed by atoms with van der Waals surface area (Å²) in [5.41, 5.74) is 7.93. The number of piperidine rings is 1. The van der Waals surface area contributed by atoms with Gasteiger partial charge in [0.2, 0.25) is 0 Å². The summed E-state index contributed by atoms with van der Waals surface area (Å²) in [4.78, 5) is 13.7. The van der Waals surface area contributed by atoms with Crippen LogP contribution in [0.4, 0.5) is 0 Å². The highest BCUT2D eigenvalue weighted by molar-refractivity contribution is 5.89. The lowest BCUT2D eigenvalue weighted by atomic mass is 9.91. The minimum absolute atomic E-state index is 0.00869. The number of likely N-dealkylation sites (tertiary alicyclic amines) is 1. The average Bonchev–Trinajstić information content (AvgIpc) is 2.41. The highest BCUT2D eigenvalue weighted by atomic mass is 16.5. The molecule has 1 aliphatic rings. The standard InChI is InChI=1S/C15H22N2O2/c1-15(16)7-9-17(10-8-15)11-12-3-5-13(6-4-12)14(18)19-2/h3-6H,7-11,16H2,1-2H3. The SMILES string of the molecule is COC(=O)c1ccc(CN2CCC(C)(N)CC2)cc1. The molecule has 0 aromatic heterocycles. The number of nitrogens with zero attached hydrogens (tertiary/aromatic N) is 1. The molecule has 0 bridgehead atoms. The van der Waals surface area contributed by atoms with Gasteiger partial charge in [-0.2, -0.15) is 0 Å². The van der Waals surface area contributed by atoms with E-state index in [0.29, 0.717) is 5.56 Å². The van der Waals surface area contributed by atoms with Gasteiger partial charge in [-0.3, -0.25) is 4.90 Å². The number of ether oxygens (including phenoxy) is 1. The molecule has 0 saturated carbocycles. The van der Waals surface area contributed by atoms with E-state index in [1.807, 2.05) is 24.3 Å². The third-order valence-corrected chi connectivity index (χ3v) is 3.78. The minimum Gasteiger partial charge on any atom is -0.465 e. The smallest absolute Gasteiger partial charge is 0.337 e. The summed E-state index contributed by atoms with van der Waals surface area (Å²) in [5, 5.41) is 0. The van der Waals surface area contributed by atoms with Crippen molar-refractivity contribution >= 4 is 5.97 Å². The van der Waals surface area contributed by atoms with Crippen molar-refractivity contribution in [3.05, 3.63) is 35.4 Å². The Labute approximate surface area is 114 Å². The Hall–Kier alpha value is -1.39. The zero-order valence-corrected chi connectivity index (χ0v) is 11.7. The molecular formula is C15H22N2O2. The first kappa shape index (κ1) is 14.0. The molecule has 104 valence electrons. The summed E-state index contributed by atoms with van der Waals surface area (Å²) in [7, 11) is 1.40. The number of benzene rings is 1. The van der Waals surface area contributed by atoms with Crippen molar-refractivity contribution < 1.29 is 9.53 Å². The van der Waals surface area contributed by atoms with Gasteiger partial charge in [-0.1, -0.05) is 12.1 Å². The highest BCUT2D eigenvalue weighted by Crippen LogP contribution is 2.20. The van der Waals surface area contributed by atoms with Gasteiger partial charge in [0.15, 0.2) is 0 Å². The molecule has 4 nitrogen and oxygen atoms in total. The summed E-state index contributed by atoms with van der Waals surface area (Å²) in [5.74, 6) is -0.288. The fourth-order valence-corrected chi connectivity index (χ4v) is 2.34. The summed E-state index contributed by atoms with van der Waals surface area (Å²) < 4.78 is 4.69. The Bertz CT molecular complexity index is 430. The summed E-state index contributed by atoms with van der Waals surface area (Å²) in [6.45, 7) is 5.10. The largest absolute Gasteiger partial charge is 0.465 e. The number of rotatable bonds is 3. The van der Waals surface area contributed by atoms with Crippen LogP contribution in [0.5, 0.6) is 0 Å². The molecule has 2 rings (SSSR count). The van der Waals surface area contributed by atoms with Crippen LogP contribution >= 0.6 is 0 Å². The maximum atomic E-state index is 11.3. The van der Waals surface area contributed by atoms with Crippen LogP contribution in [0.15, 0.2) is 24.3 Å². The van der Waals surface area contributed by atoms with Crippen LogP contribution in [-0.4, -0.2) is 36.6 Å². The number of methoxy groups -OCH3 is 1. The van der Waals surface area contributed by atoms with Gasteiger partial charge < -0.3 is 10.5 Å². The van der Waals surface area contributed by atoms with E-state index >= 15 is 0 Å². The van der Waals surface area contributed by atoms with E-state index in [2.05, 4.69) is 16.6 Å². The van der Waals surface area contributed by atoms with Crippen molar-refractivity contribution in [2.75, 3.05) is 20.2 Å². The minimum atomic E-state index is -0.288. The van der Waals surface area contributed by atoms with Crippen LogP contribution in [0.3, 0.4) is 0 Å². The Kier molecular flexibility index (Phi) is 4.22. The summed E-state index contributed by atoms with van der Waals surface area (Å²) in [6.07, 6.45) is 2.07. The number of nitrogens with two attached hydrogens (primary N) is 1. The molecule has 1 aromatic carbocycles. The Balaban J connectivity index is 1.92. The van der Waals surface area contributed by atoms with Gasteiger partial charge >= 0.3 is 5.97 Å². The number of carbonyl (C=O) groups is 1. The second-order valence-electron chi connectivity index (χ2n) is 5.62. The predicted octanol–water partition coefficient (Wildman–Crippen LogP) is 1.79. The second-order valence-corrected chi connectivity index (χ2v) is 5.62. The zero-order chi connectivity index (χ0) is 13.9. The lowest BCUT2D eigenvalue weighted by Crippen LogP contribution is -2.47. The number of carbonyl (C=O) groups excluding carboxylic acids is 1. The molecule has 1 heterocycles. The molecule has 1 aliphatic heterocycles. The molecule has 19 heavy (non-hydrogen) atoms. The Morgan fingerprint density at radius 1 is 1.32 bits per heavy atom. The Morgan fingerprint density at radius 3 is 2.42 bits per heavy atom. The molecule has 0 radical (unpaired) electrons. The normalized spacial score (nSPS) is 19.1. The monoisotopic (exact) mass is 262 g/mol. The van der Waals surface area contributed by atoms with Crippen molar-refractivity contribution in [3.63, 3.8) is 0 Å². The zero-order valence-electron chi connectivity index (χ0n) is 11.7. The molecule has 1 saturated heterocycles. The first-order valence-electron chi connectivity index (χ1n) is 6.69. The third kappa shape index (κ3) is 3.78. The number of esters is 1. The number of hydrogen-bond acceptors (Lipinski definition) is 4. The van der Waals surface area contributed by atoms with Crippen molar-refractivity contribution in [2.45, 2.75) is 31.8 Å².